The average Bonchev–Trinajstić information content (AvgIpc) is 2.86. The Kier molecular flexibility index (Phi) is 2.63. The van der Waals surface area contributed by atoms with Crippen molar-refractivity contribution in [1.82, 2.24) is 14.4 Å². The molecule has 1 N–H and O–H groups in total. The number of rotatable bonds is 1. The highest BCUT2D eigenvalue weighted by Gasteiger charge is 2.29. The van der Waals surface area contributed by atoms with Gasteiger partial charge in [-0.05, 0) is 17.7 Å². The molecule has 2 heterocycles. The highest BCUT2D eigenvalue weighted by molar-refractivity contribution is 5.60. The van der Waals surface area contributed by atoms with Crippen molar-refractivity contribution in [2.75, 3.05) is 0 Å². The SMILES string of the molecule is O=c1[nH]c(-c2ccc(C(F)(F)F)cc2)cn2ccnc12. The lowest BCUT2D eigenvalue weighted by Gasteiger charge is -2.08. The van der Waals surface area contributed by atoms with Crippen LogP contribution in [0.3, 0.4) is 0 Å². The topological polar surface area (TPSA) is 50.2 Å². The minimum absolute atomic E-state index is 0.237. The van der Waals surface area contributed by atoms with Crippen LogP contribution in [0.2, 0.25) is 0 Å². The first-order chi connectivity index (χ1) is 9.45. The summed E-state index contributed by atoms with van der Waals surface area (Å²) in [6.07, 6.45) is 0.297. The van der Waals surface area contributed by atoms with E-state index >= 15 is 0 Å². The molecule has 102 valence electrons. The van der Waals surface area contributed by atoms with Gasteiger partial charge in [-0.1, -0.05) is 12.1 Å². The molecule has 1 aromatic carbocycles. The van der Waals surface area contributed by atoms with Crippen LogP contribution < -0.4 is 5.56 Å². The molecule has 0 bridgehead atoms. The normalized spacial score (nSPS) is 11.9. The van der Waals surface area contributed by atoms with E-state index in [2.05, 4.69) is 9.97 Å². The maximum atomic E-state index is 12.5. The summed E-state index contributed by atoms with van der Waals surface area (Å²) < 4.78 is 39.0. The Hall–Kier alpha value is -2.57. The number of hydrogen-bond donors (Lipinski definition) is 1. The molecule has 0 spiro atoms. The van der Waals surface area contributed by atoms with Crippen molar-refractivity contribution >= 4 is 5.65 Å². The smallest absolute Gasteiger partial charge is 0.317 e. The number of benzene rings is 1. The highest BCUT2D eigenvalue weighted by atomic mass is 19.4. The zero-order valence-electron chi connectivity index (χ0n) is 9.98. The molecule has 0 aliphatic heterocycles. The van der Waals surface area contributed by atoms with E-state index in [4.69, 9.17) is 0 Å². The third-order valence-electron chi connectivity index (χ3n) is 2.91. The zero-order chi connectivity index (χ0) is 14.3. The third kappa shape index (κ3) is 2.07. The van der Waals surface area contributed by atoms with E-state index in [9.17, 15) is 18.0 Å². The van der Waals surface area contributed by atoms with Gasteiger partial charge in [0.25, 0.3) is 5.56 Å². The summed E-state index contributed by atoms with van der Waals surface area (Å²) in [7, 11) is 0. The van der Waals surface area contributed by atoms with Gasteiger partial charge in [0.1, 0.15) is 0 Å². The van der Waals surface area contributed by atoms with E-state index in [0.717, 1.165) is 12.1 Å². The van der Waals surface area contributed by atoms with Crippen LogP contribution in [-0.4, -0.2) is 14.4 Å². The second kappa shape index (κ2) is 4.22. The van der Waals surface area contributed by atoms with Crippen molar-refractivity contribution in [2.45, 2.75) is 6.18 Å². The van der Waals surface area contributed by atoms with Crippen LogP contribution in [0.4, 0.5) is 13.2 Å². The number of hydrogen-bond acceptors (Lipinski definition) is 2. The van der Waals surface area contributed by atoms with Crippen molar-refractivity contribution in [3.8, 4) is 11.3 Å². The summed E-state index contributed by atoms with van der Waals surface area (Å²) >= 11 is 0. The number of fused-ring (bicyclic) bond motifs is 1. The number of halogens is 3. The van der Waals surface area contributed by atoms with Gasteiger partial charge in [-0.25, -0.2) is 4.98 Å². The summed E-state index contributed by atoms with van der Waals surface area (Å²) in [6, 6.07) is 4.59. The predicted molar refractivity (Wildman–Crippen MR) is 66.3 cm³/mol. The van der Waals surface area contributed by atoms with E-state index in [-0.39, 0.29) is 5.65 Å². The summed E-state index contributed by atoms with van der Waals surface area (Å²) in [5.74, 6) is 0. The third-order valence-corrected chi connectivity index (χ3v) is 2.91. The average molecular weight is 279 g/mol. The van der Waals surface area contributed by atoms with Crippen molar-refractivity contribution < 1.29 is 13.2 Å². The van der Waals surface area contributed by atoms with Gasteiger partial charge in [0.2, 0.25) is 5.65 Å². The minimum atomic E-state index is -4.37. The zero-order valence-corrected chi connectivity index (χ0v) is 9.98. The van der Waals surface area contributed by atoms with Crippen molar-refractivity contribution in [3.05, 3.63) is 58.8 Å². The monoisotopic (exact) mass is 279 g/mol. The number of nitrogens with zero attached hydrogens (tertiary/aromatic N) is 2. The lowest BCUT2D eigenvalue weighted by Crippen LogP contribution is -2.11. The molecule has 0 saturated heterocycles. The Morgan fingerprint density at radius 3 is 2.50 bits per heavy atom. The quantitative estimate of drug-likeness (QED) is 0.744. The Labute approximate surface area is 110 Å². The van der Waals surface area contributed by atoms with E-state index < -0.39 is 17.3 Å². The van der Waals surface area contributed by atoms with Gasteiger partial charge >= 0.3 is 6.18 Å². The predicted octanol–water partition coefficient (Wildman–Crippen LogP) is 2.71. The summed E-state index contributed by atoms with van der Waals surface area (Å²) in [6.45, 7) is 0. The first kappa shape index (κ1) is 12.5. The lowest BCUT2D eigenvalue weighted by atomic mass is 10.1. The summed E-state index contributed by atoms with van der Waals surface area (Å²) in [4.78, 5) is 18.2. The Balaban J connectivity index is 2.09. The maximum absolute atomic E-state index is 12.5. The first-order valence-electron chi connectivity index (χ1n) is 5.69. The van der Waals surface area contributed by atoms with Gasteiger partial charge in [-0.15, -0.1) is 0 Å². The van der Waals surface area contributed by atoms with E-state index in [1.54, 1.807) is 12.4 Å². The van der Waals surface area contributed by atoms with Gasteiger partial charge in [0.05, 0.1) is 11.3 Å². The molecule has 0 amide bonds. The Morgan fingerprint density at radius 1 is 1.15 bits per heavy atom. The van der Waals surface area contributed by atoms with E-state index in [1.165, 1.54) is 22.7 Å². The standard InChI is InChI=1S/C13H8F3N3O/c14-13(15,16)9-3-1-8(2-4-9)10-7-19-6-5-17-11(19)12(20)18-10/h1-7H,(H,18,20). The Morgan fingerprint density at radius 2 is 1.85 bits per heavy atom. The molecule has 0 unspecified atom stereocenters. The molecule has 2 aromatic heterocycles. The van der Waals surface area contributed by atoms with Crippen molar-refractivity contribution in [2.24, 2.45) is 0 Å². The van der Waals surface area contributed by atoms with E-state index in [0.29, 0.717) is 11.3 Å². The molecule has 0 aliphatic carbocycles. The fourth-order valence-electron chi connectivity index (χ4n) is 1.93. The largest absolute Gasteiger partial charge is 0.416 e. The van der Waals surface area contributed by atoms with Gasteiger partial charge < -0.3 is 9.38 Å². The lowest BCUT2D eigenvalue weighted by molar-refractivity contribution is -0.137. The van der Waals surface area contributed by atoms with Crippen molar-refractivity contribution in [3.63, 3.8) is 0 Å². The van der Waals surface area contributed by atoms with Crippen LogP contribution in [0.5, 0.6) is 0 Å². The second-order valence-corrected chi connectivity index (χ2v) is 4.23. The first-order valence-corrected chi connectivity index (χ1v) is 5.69. The van der Waals surface area contributed by atoms with Crippen LogP contribution in [0, 0.1) is 0 Å². The molecule has 0 fully saturated rings. The van der Waals surface area contributed by atoms with Crippen LogP contribution in [0.15, 0.2) is 47.7 Å². The molecule has 0 radical (unpaired) electrons. The number of H-pyrrole nitrogens is 1. The molecule has 20 heavy (non-hydrogen) atoms. The second-order valence-electron chi connectivity index (χ2n) is 4.23. The molecular formula is C13H8F3N3O. The van der Waals surface area contributed by atoms with Crippen LogP contribution in [0.1, 0.15) is 5.56 Å². The molecule has 0 aliphatic rings. The number of aromatic nitrogens is 3. The van der Waals surface area contributed by atoms with Gasteiger partial charge in [0, 0.05) is 18.6 Å². The number of nitrogens with one attached hydrogen (secondary N) is 1. The molecule has 3 rings (SSSR count). The molecule has 0 saturated carbocycles. The van der Waals surface area contributed by atoms with E-state index in [1.807, 2.05) is 0 Å². The van der Waals surface area contributed by atoms with Crippen LogP contribution in [-0.2, 0) is 6.18 Å². The molecular weight excluding hydrogens is 271 g/mol. The van der Waals surface area contributed by atoms with Crippen molar-refractivity contribution in [1.29, 1.82) is 0 Å². The maximum Gasteiger partial charge on any atom is 0.416 e. The molecule has 0 atom stereocenters. The minimum Gasteiger partial charge on any atom is -0.317 e. The summed E-state index contributed by atoms with van der Waals surface area (Å²) in [5.41, 5.74) is 0.0280. The van der Waals surface area contributed by atoms with Gasteiger partial charge in [-0.3, -0.25) is 4.79 Å². The number of alkyl halides is 3. The number of imidazole rings is 1. The van der Waals surface area contributed by atoms with Gasteiger partial charge in [-0.2, -0.15) is 13.2 Å². The van der Waals surface area contributed by atoms with Gasteiger partial charge in [0.15, 0.2) is 0 Å². The molecule has 3 aromatic rings. The van der Waals surface area contributed by atoms with Crippen LogP contribution >= 0.6 is 0 Å². The fourth-order valence-corrected chi connectivity index (χ4v) is 1.93. The molecule has 7 heteroatoms. The highest BCUT2D eigenvalue weighted by Crippen LogP contribution is 2.30. The Bertz CT molecular complexity index is 815. The molecule has 4 nitrogen and oxygen atoms in total. The summed E-state index contributed by atoms with van der Waals surface area (Å²) in [5, 5.41) is 0. The number of aromatic amines is 1. The fraction of sp³-hybridized carbons (Fsp3) is 0.0769. The van der Waals surface area contributed by atoms with Crippen LogP contribution in [0.25, 0.3) is 16.9 Å².